The molecule has 290 valence electrons. The number of carbonyl (C=O) groups is 3. The zero-order chi connectivity index (χ0) is 38.1. The number of carbonyl (C=O) groups excluding carboxylic acids is 3. The largest absolute Gasteiger partial charge is 0.372 e. The molecule has 1 atom stereocenters. The third-order valence-corrected chi connectivity index (χ3v) is 13.3. The summed E-state index contributed by atoms with van der Waals surface area (Å²) in [6, 6.07) is 10.6. The highest BCUT2D eigenvalue weighted by atomic mass is 32.2. The van der Waals surface area contributed by atoms with Gasteiger partial charge in [0.1, 0.15) is 5.82 Å². The fraction of sp³-hybridized carbons (Fsp3) is 0.553. The van der Waals surface area contributed by atoms with E-state index in [1.807, 2.05) is 6.07 Å². The van der Waals surface area contributed by atoms with E-state index in [0.29, 0.717) is 60.8 Å². The van der Waals surface area contributed by atoms with Gasteiger partial charge in [0.15, 0.2) is 0 Å². The van der Waals surface area contributed by atoms with Crippen molar-refractivity contribution in [3.8, 4) is 0 Å². The minimum Gasteiger partial charge on any atom is -0.372 e. The summed E-state index contributed by atoms with van der Waals surface area (Å²) >= 11 is 0. The zero-order valence-corrected chi connectivity index (χ0v) is 31.1. The number of piperazine rings is 1. The predicted molar refractivity (Wildman–Crippen MR) is 198 cm³/mol. The molecule has 4 heterocycles. The molecule has 5 aliphatic rings. The summed E-state index contributed by atoms with van der Waals surface area (Å²) in [5.41, 5.74) is 5.68. The first-order valence-corrected chi connectivity index (χ1v) is 20.5. The highest BCUT2D eigenvalue weighted by molar-refractivity contribution is 7.90. The summed E-state index contributed by atoms with van der Waals surface area (Å²) in [6.45, 7) is 1.37. The first-order chi connectivity index (χ1) is 25.8. The first kappa shape index (κ1) is 38.0. The fourth-order valence-corrected chi connectivity index (χ4v) is 10.1. The van der Waals surface area contributed by atoms with Gasteiger partial charge in [-0.05, 0) is 68.2 Å². The number of hydrogen-bond acceptors (Lipinski definition) is 10. The van der Waals surface area contributed by atoms with Gasteiger partial charge >= 0.3 is 0 Å². The van der Waals surface area contributed by atoms with Crippen LogP contribution in [-0.2, 0) is 30.8 Å². The van der Waals surface area contributed by atoms with Crippen LogP contribution in [0.2, 0.25) is 0 Å². The maximum atomic E-state index is 15.0. The quantitative estimate of drug-likeness (QED) is 0.224. The van der Waals surface area contributed by atoms with Gasteiger partial charge in [0, 0.05) is 43.5 Å². The summed E-state index contributed by atoms with van der Waals surface area (Å²) < 4.78 is 49.4. The number of hydrogen-bond donors (Lipinski definition) is 4. The third kappa shape index (κ3) is 8.21. The van der Waals surface area contributed by atoms with Crippen molar-refractivity contribution >= 4 is 38.5 Å². The van der Waals surface area contributed by atoms with Crippen molar-refractivity contribution < 1.29 is 31.9 Å². The molecule has 2 aromatic carbocycles. The van der Waals surface area contributed by atoms with Crippen molar-refractivity contribution in [2.75, 3.05) is 45.1 Å². The van der Waals surface area contributed by atoms with Crippen molar-refractivity contribution in [1.82, 2.24) is 30.0 Å². The monoisotopic (exact) mass is 765 g/mol. The predicted octanol–water partition coefficient (Wildman–Crippen LogP) is 1.96. The van der Waals surface area contributed by atoms with Gasteiger partial charge in [-0.3, -0.25) is 23.9 Å². The van der Waals surface area contributed by atoms with Crippen LogP contribution in [0.4, 0.5) is 4.39 Å². The Kier molecular flexibility index (Phi) is 10.9. The van der Waals surface area contributed by atoms with Crippen molar-refractivity contribution in [1.29, 1.82) is 0 Å². The highest BCUT2D eigenvalue weighted by Crippen LogP contribution is 2.44. The van der Waals surface area contributed by atoms with E-state index in [1.54, 1.807) is 34.1 Å². The average Bonchev–Trinajstić information content (AvgIpc) is 3.19. The molecular weight excluding hydrogens is 718 g/mol. The van der Waals surface area contributed by atoms with Gasteiger partial charge in [0.2, 0.25) is 15.9 Å². The van der Waals surface area contributed by atoms with Crippen LogP contribution in [0.3, 0.4) is 0 Å². The lowest BCUT2D eigenvalue weighted by Crippen LogP contribution is -2.65. The molecule has 0 spiro atoms. The van der Waals surface area contributed by atoms with E-state index in [0.717, 1.165) is 32.1 Å². The summed E-state index contributed by atoms with van der Waals surface area (Å²) in [5.74, 6) is -2.22. The molecule has 5 N–H and O–H groups in total. The Hall–Kier alpha value is -4.25. The molecule has 2 aliphatic carbocycles. The van der Waals surface area contributed by atoms with E-state index < -0.39 is 44.8 Å². The van der Waals surface area contributed by atoms with Crippen molar-refractivity contribution in [3.05, 3.63) is 75.5 Å². The van der Waals surface area contributed by atoms with E-state index in [4.69, 9.17) is 10.5 Å². The second-order valence-electron chi connectivity index (χ2n) is 15.5. The van der Waals surface area contributed by atoms with E-state index in [9.17, 15) is 32.0 Å². The fourth-order valence-electron chi connectivity index (χ4n) is 8.54. The number of ether oxygens (including phenoxy) is 1. The number of aromatic nitrogens is 2. The summed E-state index contributed by atoms with van der Waals surface area (Å²) in [4.78, 5) is 54.9. The van der Waals surface area contributed by atoms with Crippen LogP contribution in [0.1, 0.15) is 79.4 Å². The molecule has 0 radical (unpaired) electrons. The SMILES string of the molecule is NC(C(=O)NS(=O)(=O)CC12CCC(NCC(=O)N3CCN(C(=O)c4cc(Cc5n[nH]c(=O)c6ccccc56)ccc4F)CC3)(CC1)CO2)C1CCCCC1. The maximum absolute atomic E-state index is 15.0. The van der Waals surface area contributed by atoms with Crippen molar-refractivity contribution in [2.45, 2.75) is 81.4 Å². The number of aromatic amines is 1. The Morgan fingerprint density at radius 2 is 1.67 bits per heavy atom. The molecule has 54 heavy (non-hydrogen) atoms. The molecule has 8 rings (SSSR count). The highest BCUT2D eigenvalue weighted by Gasteiger charge is 2.52. The average molecular weight is 766 g/mol. The van der Waals surface area contributed by atoms with E-state index >= 15 is 0 Å². The van der Waals surface area contributed by atoms with Crippen LogP contribution in [0, 0.1) is 11.7 Å². The van der Waals surface area contributed by atoms with Gasteiger partial charge in [-0.15, -0.1) is 0 Å². The number of H-pyrrole nitrogens is 1. The molecule has 3 amide bonds. The molecule has 3 saturated heterocycles. The summed E-state index contributed by atoms with van der Waals surface area (Å²) in [7, 11) is -3.97. The Bertz CT molecular complexity index is 2050. The van der Waals surface area contributed by atoms with Crippen LogP contribution in [0.15, 0.2) is 47.3 Å². The number of sulfonamides is 1. The Morgan fingerprint density at radius 1 is 0.981 bits per heavy atom. The Labute approximate surface area is 313 Å². The molecular formula is C38H48FN7O7S. The smallest absolute Gasteiger partial charge is 0.272 e. The number of nitrogens with one attached hydrogen (secondary N) is 3. The Morgan fingerprint density at radius 3 is 2.35 bits per heavy atom. The van der Waals surface area contributed by atoms with Crippen LogP contribution in [0.5, 0.6) is 0 Å². The second kappa shape index (κ2) is 15.5. The number of nitrogens with zero attached hydrogens (tertiary/aromatic N) is 3. The standard InChI is InChI=1S/C38H48FN7O7S/c39-30-11-10-25(21-31-27-8-4-5-9-28(27)34(48)43-42-31)20-29(30)36(50)46-18-16-45(17-19-46)32(47)22-41-37-12-14-38(15-13-37,53-23-37)24-54(51,52)44-35(49)33(40)26-6-2-1-3-7-26/h4-5,8-11,20,26,33,41H,1-3,6-7,12-19,21-24,40H2,(H,43,48)(H,44,49). The normalized spacial score (nSPS) is 24.0. The zero-order valence-electron chi connectivity index (χ0n) is 30.3. The lowest BCUT2D eigenvalue weighted by atomic mass is 9.72. The first-order valence-electron chi connectivity index (χ1n) is 18.9. The number of nitrogens with two attached hydrogens (primary N) is 1. The van der Waals surface area contributed by atoms with Gasteiger partial charge < -0.3 is 25.6 Å². The molecule has 16 heteroatoms. The summed E-state index contributed by atoms with van der Waals surface area (Å²) in [5, 5.41) is 11.3. The molecule has 14 nitrogen and oxygen atoms in total. The van der Waals surface area contributed by atoms with Crippen LogP contribution in [0.25, 0.3) is 10.8 Å². The minimum absolute atomic E-state index is 0.0115. The lowest BCUT2D eigenvalue weighted by molar-refractivity contribution is -0.152. The molecule has 1 unspecified atom stereocenters. The number of fused-ring (bicyclic) bond motifs is 4. The van der Waals surface area contributed by atoms with E-state index in [1.165, 1.54) is 12.1 Å². The Balaban J connectivity index is 0.878. The molecule has 1 aromatic heterocycles. The third-order valence-electron chi connectivity index (χ3n) is 11.9. The van der Waals surface area contributed by atoms with Gasteiger partial charge in [0.25, 0.3) is 17.4 Å². The molecule has 3 aromatic rings. The van der Waals surface area contributed by atoms with Crippen LogP contribution >= 0.6 is 0 Å². The van der Waals surface area contributed by atoms with Crippen molar-refractivity contribution in [2.24, 2.45) is 11.7 Å². The van der Waals surface area contributed by atoms with Gasteiger partial charge in [-0.1, -0.05) is 43.5 Å². The van der Waals surface area contributed by atoms with E-state index in [2.05, 4.69) is 20.2 Å². The van der Waals surface area contributed by atoms with Crippen molar-refractivity contribution in [3.63, 3.8) is 0 Å². The van der Waals surface area contributed by atoms with Gasteiger partial charge in [0.05, 0.1) is 47.2 Å². The lowest BCUT2D eigenvalue weighted by Gasteiger charge is -2.53. The minimum atomic E-state index is -3.97. The maximum Gasteiger partial charge on any atom is 0.272 e. The van der Waals surface area contributed by atoms with E-state index in [-0.39, 0.29) is 61.4 Å². The molecule has 2 bridgehead atoms. The summed E-state index contributed by atoms with van der Waals surface area (Å²) in [6.07, 6.45) is 7.19. The van der Waals surface area contributed by atoms with Gasteiger partial charge in [-0.25, -0.2) is 17.9 Å². The molecule has 3 aliphatic heterocycles. The second-order valence-corrected chi connectivity index (χ2v) is 17.2. The number of benzene rings is 2. The molecule has 5 fully saturated rings. The number of amides is 3. The van der Waals surface area contributed by atoms with Gasteiger partial charge in [-0.2, -0.15) is 5.10 Å². The van der Waals surface area contributed by atoms with Crippen LogP contribution in [-0.4, -0.2) is 108 Å². The number of rotatable bonds is 11. The molecule has 2 saturated carbocycles. The topological polar surface area (TPSA) is 197 Å². The number of halogens is 1. The van der Waals surface area contributed by atoms with Crippen LogP contribution < -0.4 is 21.3 Å².